The third-order valence-electron chi connectivity index (χ3n) is 4.24. The van der Waals surface area contributed by atoms with Gasteiger partial charge in [-0.2, -0.15) is 0 Å². The summed E-state index contributed by atoms with van der Waals surface area (Å²) >= 11 is 0. The van der Waals surface area contributed by atoms with Crippen molar-refractivity contribution >= 4 is 11.9 Å². The van der Waals surface area contributed by atoms with Crippen LogP contribution in [-0.2, 0) is 23.8 Å². The van der Waals surface area contributed by atoms with Crippen LogP contribution < -0.4 is 0 Å². The molecule has 0 spiro atoms. The van der Waals surface area contributed by atoms with E-state index in [-0.39, 0.29) is 11.1 Å². The largest absolute Gasteiger partial charge is 0.466 e. The number of rotatable bonds is 4. The van der Waals surface area contributed by atoms with E-state index in [0.29, 0.717) is 11.1 Å². The second-order valence-electron chi connectivity index (χ2n) is 5.81. The summed E-state index contributed by atoms with van der Waals surface area (Å²) in [7, 11) is 2.36. The van der Waals surface area contributed by atoms with Crippen LogP contribution in [0.2, 0.25) is 0 Å². The third-order valence-corrected chi connectivity index (χ3v) is 4.24. The summed E-state index contributed by atoms with van der Waals surface area (Å²) in [5, 5.41) is 0. The molecule has 27 heavy (non-hydrogen) atoms. The molecule has 3 rings (SSSR count). The lowest BCUT2D eigenvalue weighted by Crippen LogP contribution is -2.16. The lowest BCUT2D eigenvalue weighted by Gasteiger charge is -2.17. The smallest absolute Gasteiger partial charge is 0.337 e. The Labute approximate surface area is 154 Å². The molecule has 0 N–H and O–H groups in total. The Hall–Kier alpha value is -3.06. The number of carbonyl (C=O) groups is 2. The molecule has 0 unspecified atom stereocenters. The van der Waals surface area contributed by atoms with Gasteiger partial charge in [0.05, 0.1) is 25.4 Å². The lowest BCUT2D eigenvalue weighted by molar-refractivity contribution is -0.139. The first-order valence-corrected chi connectivity index (χ1v) is 8.03. The van der Waals surface area contributed by atoms with Gasteiger partial charge in [-0.05, 0) is 35.4 Å². The molecular weight excluding hydrogens is 358 g/mol. The fourth-order valence-electron chi connectivity index (χ4n) is 2.97. The highest BCUT2D eigenvalue weighted by Gasteiger charge is 2.44. The van der Waals surface area contributed by atoms with Gasteiger partial charge in [-0.15, -0.1) is 0 Å². The Morgan fingerprint density at radius 2 is 1.07 bits per heavy atom. The SMILES string of the molecule is COC(=O)C1=C(C(=O)OC)[C@@H](c2ccc(F)cc2)O[C@H]1c1ccc(F)cc1. The zero-order valence-corrected chi connectivity index (χ0v) is 14.6. The van der Waals surface area contributed by atoms with Crippen molar-refractivity contribution in [3.63, 3.8) is 0 Å². The molecule has 140 valence electrons. The van der Waals surface area contributed by atoms with Gasteiger partial charge in [-0.1, -0.05) is 24.3 Å². The number of hydrogen-bond acceptors (Lipinski definition) is 5. The summed E-state index contributed by atoms with van der Waals surface area (Å²) < 4.78 is 42.2. The second kappa shape index (κ2) is 7.67. The molecule has 2 aromatic rings. The maximum absolute atomic E-state index is 13.3. The van der Waals surface area contributed by atoms with E-state index in [1.165, 1.54) is 62.8 Å². The third kappa shape index (κ3) is 3.59. The predicted molar refractivity (Wildman–Crippen MR) is 90.4 cm³/mol. The van der Waals surface area contributed by atoms with Crippen LogP contribution in [0, 0.1) is 11.6 Å². The first-order valence-electron chi connectivity index (χ1n) is 8.03. The number of halogens is 2. The Balaban J connectivity index is 2.16. The van der Waals surface area contributed by atoms with E-state index in [4.69, 9.17) is 14.2 Å². The predicted octanol–water partition coefficient (Wildman–Crippen LogP) is 3.42. The molecule has 2 aromatic carbocycles. The van der Waals surface area contributed by atoms with Crippen LogP contribution in [0.1, 0.15) is 23.3 Å². The molecule has 1 aliphatic heterocycles. The Morgan fingerprint density at radius 1 is 0.741 bits per heavy atom. The van der Waals surface area contributed by atoms with Crippen molar-refractivity contribution < 1.29 is 32.6 Å². The van der Waals surface area contributed by atoms with Crippen LogP contribution in [0.3, 0.4) is 0 Å². The van der Waals surface area contributed by atoms with Crippen molar-refractivity contribution in [3.05, 3.63) is 82.4 Å². The minimum Gasteiger partial charge on any atom is -0.466 e. The van der Waals surface area contributed by atoms with Gasteiger partial charge >= 0.3 is 11.9 Å². The van der Waals surface area contributed by atoms with E-state index in [9.17, 15) is 18.4 Å². The van der Waals surface area contributed by atoms with Gasteiger partial charge in [0.1, 0.15) is 23.8 Å². The molecule has 0 saturated carbocycles. The summed E-state index contributed by atoms with van der Waals surface area (Å²) in [5.41, 5.74) is 0.848. The van der Waals surface area contributed by atoms with Crippen molar-refractivity contribution in [2.75, 3.05) is 14.2 Å². The van der Waals surface area contributed by atoms with E-state index < -0.39 is 35.8 Å². The highest BCUT2D eigenvalue weighted by Crippen LogP contribution is 2.46. The zero-order valence-electron chi connectivity index (χ0n) is 14.6. The van der Waals surface area contributed by atoms with Gasteiger partial charge in [0.2, 0.25) is 0 Å². The summed E-state index contributed by atoms with van der Waals surface area (Å²) in [6.07, 6.45) is -1.94. The number of methoxy groups -OCH3 is 2. The number of carbonyl (C=O) groups excluding carboxylic acids is 2. The fraction of sp³-hybridized carbons (Fsp3) is 0.200. The van der Waals surface area contributed by atoms with Crippen molar-refractivity contribution in [2.24, 2.45) is 0 Å². The van der Waals surface area contributed by atoms with Crippen LogP contribution in [0.15, 0.2) is 59.7 Å². The van der Waals surface area contributed by atoms with Crippen molar-refractivity contribution in [2.45, 2.75) is 12.2 Å². The molecule has 0 aromatic heterocycles. The minimum absolute atomic E-state index is 0.0368. The minimum atomic E-state index is -0.970. The Kier molecular flexibility index (Phi) is 5.32. The molecule has 0 bridgehead atoms. The van der Waals surface area contributed by atoms with Gasteiger partial charge in [-0.3, -0.25) is 0 Å². The van der Waals surface area contributed by atoms with Crippen molar-refractivity contribution in [1.82, 2.24) is 0 Å². The van der Waals surface area contributed by atoms with E-state index in [1.54, 1.807) is 0 Å². The van der Waals surface area contributed by atoms with Gasteiger partial charge < -0.3 is 14.2 Å². The fourth-order valence-corrected chi connectivity index (χ4v) is 2.97. The standard InChI is InChI=1S/C20H16F2O5/c1-25-19(23)15-16(20(24)26-2)18(12-5-9-14(22)10-6-12)27-17(15)11-3-7-13(21)8-4-11/h3-10,17-18H,1-2H3/t17-,18+. The molecule has 1 aliphatic rings. The maximum atomic E-state index is 13.3. The first-order chi connectivity index (χ1) is 13.0. The molecular formula is C20H16F2O5. The van der Waals surface area contributed by atoms with Gasteiger partial charge in [-0.25, -0.2) is 18.4 Å². The molecule has 0 radical (unpaired) electrons. The zero-order chi connectivity index (χ0) is 19.6. The molecule has 1 heterocycles. The summed E-state index contributed by atoms with van der Waals surface area (Å²) in [6.45, 7) is 0. The van der Waals surface area contributed by atoms with E-state index in [2.05, 4.69) is 0 Å². The monoisotopic (exact) mass is 374 g/mol. The van der Waals surface area contributed by atoms with E-state index >= 15 is 0 Å². The molecule has 0 fully saturated rings. The number of hydrogen-bond donors (Lipinski definition) is 0. The maximum Gasteiger partial charge on any atom is 0.337 e. The lowest BCUT2D eigenvalue weighted by atomic mass is 9.95. The molecule has 2 atom stereocenters. The highest BCUT2D eigenvalue weighted by molar-refractivity contribution is 6.03. The number of esters is 2. The summed E-state index contributed by atoms with van der Waals surface area (Å²) in [5.74, 6) is -2.45. The topological polar surface area (TPSA) is 61.8 Å². The molecule has 0 aliphatic carbocycles. The number of ether oxygens (including phenoxy) is 3. The van der Waals surface area contributed by atoms with Crippen LogP contribution in [0.4, 0.5) is 8.78 Å². The first kappa shape index (κ1) is 18.7. The van der Waals surface area contributed by atoms with Crippen LogP contribution in [0.25, 0.3) is 0 Å². The van der Waals surface area contributed by atoms with Crippen molar-refractivity contribution in [3.8, 4) is 0 Å². The molecule has 5 nitrogen and oxygen atoms in total. The number of benzene rings is 2. The van der Waals surface area contributed by atoms with Gasteiger partial charge in [0.15, 0.2) is 0 Å². The average Bonchev–Trinajstić information content (AvgIpc) is 3.08. The van der Waals surface area contributed by atoms with Crippen LogP contribution >= 0.6 is 0 Å². The summed E-state index contributed by atoms with van der Waals surface area (Å²) in [6, 6.07) is 10.7. The van der Waals surface area contributed by atoms with E-state index in [0.717, 1.165) is 0 Å². The molecule has 0 amide bonds. The second-order valence-corrected chi connectivity index (χ2v) is 5.81. The van der Waals surface area contributed by atoms with Crippen LogP contribution in [0.5, 0.6) is 0 Å². The van der Waals surface area contributed by atoms with Crippen molar-refractivity contribution in [1.29, 1.82) is 0 Å². The summed E-state index contributed by atoms with van der Waals surface area (Å²) in [4.78, 5) is 24.8. The normalized spacial score (nSPS) is 19.1. The Morgan fingerprint density at radius 3 is 1.37 bits per heavy atom. The Bertz CT molecular complexity index is 814. The quantitative estimate of drug-likeness (QED) is 0.768. The molecule has 7 heteroatoms. The molecule has 0 saturated heterocycles. The van der Waals surface area contributed by atoms with Gasteiger partial charge in [0.25, 0.3) is 0 Å². The average molecular weight is 374 g/mol. The van der Waals surface area contributed by atoms with E-state index in [1.807, 2.05) is 0 Å². The van der Waals surface area contributed by atoms with Crippen LogP contribution in [-0.4, -0.2) is 26.2 Å². The van der Waals surface area contributed by atoms with Gasteiger partial charge in [0, 0.05) is 0 Å². The highest BCUT2D eigenvalue weighted by atomic mass is 19.1.